The van der Waals surface area contributed by atoms with Crippen molar-refractivity contribution in [2.24, 2.45) is 5.10 Å². The fourth-order valence-corrected chi connectivity index (χ4v) is 4.84. The molecule has 0 spiro atoms. The van der Waals surface area contributed by atoms with Crippen LogP contribution in [0.25, 0.3) is 33.5 Å². The molecule has 6 rings (SSSR count). The first-order valence-corrected chi connectivity index (χ1v) is 13.4. The maximum Gasteiger partial charge on any atom is 0.313 e. The van der Waals surface area contributed by atoms with Gasteiger partial charge in [0.2, 0.25) is 17.5 Å². The van der Waals surface area contributed by atoms with Crippen molar-refractivity contribution in [3.8, 4) is 23.2 Å². The summed E-state index contributed by atoms with van der Waals surface area (Å²) in [5.41, 5.74) is -0.148. The Morgan fingerprint density at radius 2 is 1.84 bits per heavy atom. The summed E-state index contributed by atoms with van der Waals surface area (Å²) in [5.74, 6) is -0.0920. The Morgan fingerprint density at radius 3 is 2.58 bits per heavy atom. The highest BCUT2D eigenvalue weighted by molar-refractivity contribution is 9.10. The number of fused-ring (bicyclic) bond motifs is 2. The van der Waals surface area contributed by atoms with E-state index in [-0.39, 0.29) is 39.5 Å². The maximum absolute atomic E-state index is 13.5. The monoisotopic (exact) mass is 660 g/mol. The van der Waals surface area contributed by atoms with Gasteiger partial charge in [-0.1, -0.05) is 39.7 Å². The van der Waals surface area contributed by atoms with Crippen molar-refractivity contribution in [2.45, 2.75) is 0 Å². The van der Waals surface area contributed by atoms with Gasteiger partial charge < -0.3 is 9.15 Å². The quantitative estimate of drug-likeness (QED) is 0.0983. The molecule has 0 saturated heterocycles. The maximum atomic E-state index is 13.5. The van der Waals surface area contributed by atoms with Crippen LogP contribution in [0.15, 0.2) is 97.8 Å². The largest absolute Gasteiger partial charge is 0.453 e. The lowest BCUT2D eigenvalue weighted by molar-refractivity contribution is -0.385. The number of hydrogen-bond donors (Lipinski definition) is 0. The summed E-state index contributed by atoms with van der Waals surface area (Å²) in [6, 6.07) is 18.7. The van der Waals surface area contributed by atoms with E-state index in [1.807, 2.05) is 12.1 Å². The number of ether oxygens (including phenoxy) is 1. The smallest absolute Gasteiger partial charge is 0.313 e. The first kappa shape index (κ1) is 27.7. The highest BCUT2D eigenvalue weighted by Gasteiger charge is 2.23. The summed E-state index contributed by atoms with van der Waals surface area (Å²) >= 11 is 9.79. The fourth-order valence-electron chi connectivity index (χ4n) is 4.20. The van der Waals surface area contributed by atoms with Gasteiger partial charge in [-0.3, -0.25) is 25.0 Å². The van der Waals surface area contributed by atoms with E-state index < -0.39 is 21.1 Å². The minimum absolute atomic E-state index is 0.108. The topological polar surface area (TPSA) is 169 Å². The van der Waals surface area contributed by atoms with Crippen LogP contribution in [0.3, 0.4) is 0 Å². The van der Waals surface area contributed by atoms with Gasteiger partial charge in [0.1, 0.15) is 11.8 Å². The third kappa shape index (κ3) is 5.43. The van der Waals surface area contributed by atoms with Gasteiger partial charge in [0.25, 0.3) is 11.2 Å². The molecule has 0 aliphatic rings. The molecule has 0 bridgehead atoms. The van der Waals surface area contributed by atoms with Crippen LogP contribution in [0.2, 0.25) is 5.02 Å². The molecular formula is C28H14BrClN6O7. The average Bonchev–Trinajstić information content (AvgIpc) is 3.41. The van der Waals surface area contributed by atoms with Crippen LogP contribution in [0.4, 0.5) is 11.4 Å². The number of aromatic nitrogens is 3. The molecule has 0 saturated carbocycles. The normalized spacial score (nSPS) is 11.4. The van der Waals surface area contributed by atoms with Gasteiger partial charge in [-0.15, -0.1) is 0 Å². The van der Waals surface area contributed by atoms with E-state index >= 15 is 0 Å². The zero-order valence-corrected chi connectivity index (χ0v) is 23.7. The first-order chi connectivity index (χ1) is 20.7. The van der Waals surface area contributed by atoms with Gasteiger partial charge in [-0.2, -0.15) is 9.78 Å². The van der Waals surface area contributed by atoms with Crippen LogP contribution >= 0.6 is 27.5 Å². The molecule has 0 atom stereocenters. The molecule has 15 heteroatoms. The number of para-hydroxylation sites is 1. The SMILES string of the molecule is O=c1c2ccccc2nc(-c2cc3cc(Br)ccc3o2)n1N=Cc1cc(Cl)c(Oc2ccc([N+](=O)[O-])cn2)c([N+](=O)[O-])c1. The zero-order chi connectivity index (χ0) is 30.2. The van der Waals surface area contributed by atoms with Crippen molar-refractivity contribution in [2.75, 3.05) is 0 Å². The van der Waals surface area contributed by atoms with Crippen LogP contribution in [-0.4, -0.2) is 30.7 Å². The summed E-state index contributed by atoms with van der Waals surface area (Å²) < 4.78 is 13.4. The number of halogens is 2. The Bertz CT molecular complexity index is 2180. The van der Waals surface area contributed by atoms with E-state index in [0.29, 0.717) is 16.5 Å². The number of nitrogens with zero attached hydrogens (tertiary/aromatic N) is 6. The predicted octanol–water partition coefficient (Wildman–Crippen LogP) is 7.11. The number of benzene rings is 3. The van der Waals surface area contributed by atoms with Crippen LogP contribution in [0.1, 0.15) is 5.56 Å². The zero-order valence-electron chi connectivity index (χ0n) is 21.4. The first-order valence-electron chi connectivity index (χ1n) is 12.2. The van der Waals surface area contributed by atoms with Gasteiger partial charge in [-0.05, 0) is 42.5 Å². The lowest BCUT2D eigenvalue weighted by Crippen LogP contribution is -2.20. The minimum atomic E-state index is -0.717. The molecule has 0 aliphatic carbocycles. The second-order valence-corrected chi connectivity index (χ2v) is 10.3. The molecular weight excluding hydrogens is 648 g/mol. The summed E-state index contributed by atoms with van der Waals surface area (Å²) in [6.07, 6.45) is 2.16. The van der Waals surface area contributed by atoms with Gasteiger partial charge in [-0.25, -0.2) is 9.97 Å². The molecule has 212 valence electrons. The summed E-state index contributed by atoms with van der Waals surface area (Å²) in [5, 5.41) is 28.0. The van der Waals surface area contributed by atoms with Crippen LogP contribution in [0.5, 0.6) is 11.6 Å². The molecule has 0 radical (unpaired) electrons. The number of furan rings is 1. The van der Waals surface area contributed by atoms with E-state index in [2.05, 4.69) is 31.0 Å². The third-order valence-electron chi connectivity index (χ3n) is 6.16. The number of pyridine rings is 1. The third-order valence-corrected chi connectivity index (χ3v) is 6.93. The lowest BCUT2D eigenvalue weighted by Gasteiger charge is -2.09. The van der Waals surface area contributed by atoms with Crippen molar-refractivity contribution in [1.82, 2.24) is 14.6 Å². The minimum Gasteiger partial charge on any atom is -0.453 e. The van der Waals surface area contributed by atoms with E-state index in [1.54, 1.807) is 36.4 Å². The summed E-state index contributed by atoms with van der Waals surface area (Å²) in [4.78, 5) is 43.4. The second kappa shape index (κ2) is 11.1. The van der Waals surface area contributed by atoms with Gasteiger partial charge in [0.15, 0.2) is 5.76 Å². The van der Waals surface area contributed by atoms with Crippen molar-refractivity contribution >= 4 is 67.0 Å². The van der Waals surface area contributed by atoms with Crippen molar-refractivity contribution in [3.05, 3.63) is 125 Å². The Balaban J connectivity index is 1.43. The van der Waals surface area contributed by atoms with Crippen molar-refractivity contribution in [1.29, 1.82) is 0 Å². The molecule has 0 N–H and O–H groups in total. The molecule has 0 aliphatic heterocycles. The van der Waals surface area contributed by atoms with Crippen molar-refractivity contribution in [3.63, 3.8) is 0 Å². The fraction of sp³-hybridized carbons (Fsp3) is 0. The molecule has 0 amide bonds. The standard InChI is InChI=1S/C28H14BrClN6O7/c29-17-5-7-23-16(11-17)12-24(42-23)27-33-21-4-2-1-3-19(21)28(37)34(27)32-13-15-9-20(30)26(22(10-15)36(40)41)43-25-8-6-18(14-31-25)35(38)39/h1-14H. The average molecular weight is 662 g/mol. The second-order valence-electron chi connectivity index (χ2n) is 8.93. The number of nitro groups is 2. The molecule has 13 nitrogen and oxygen atoms in total. The molecule has 3 heterocycles. The van der Waals surface area contributed by atoms with Crippen LogP contribution in [-0.2, 0) is 0 Å². The molecule has 0 unspecified atom stereocenters. The predicted molar refractivity (Wildman–Crippen MR) is 161 cm³/mol. The number of nitro benzene ring substituents is 1. The molecule has 3 aromatic carbocycles. The van der Waals surface area contributed by atoms with Crippen LogP contribution < -0.4 is 10.3 Å². The molecule has 3 aromatic heterocycles. The molecule has 43 heavy (non-hydrogen) atoms. The van der Waals surface area contributed by atoms with E-state index in [1.165, 1.54) is 18.3 Å². The van der Waals surface area contributed by atoms with E-state index in [9.17, 15) is 25.0 Å². The van der Waals surface area contributed by atoms with E-state index in [4.69, 9.17) is 20.8 Å². The Hall–Kier alpha value is -5.47. The van der Waals surface area contributed by atoms with Crippen molar-refractivity contribution < 1.29 is 19.0 Å². The van der Waals surface area contributed by atoms with Gasteiger partial charge >= 0.3 is 5.69 Å². The Kier molecular flexibility index (Phi) is 7.13. The van der Waals surface area contributed by atoms with Gasteiger partial charge in [0, 0.05) is 33.6 Å². The van der Waals surface area contributed by atoms with E-state index in [0.717, 1.165) is 32.9 Å². The highest BCUT2D eigenvalue weighted by Crippen LogP contribution is 2.38. The number of rotatable bonds is 7. The highest BCUT2D eigenvalue weighted by atomic mass is 79.9. The Morgan fingerprint density at radius 1 is 1.02 bits per heavy atom. The molecule has 0 fully saturated rings. The lowest BCUT2D eigenvalue weighted by atomic mass is 10.2. The molecule has 6 aromatic rings. The number of hydrogen-bond acceptors (Lipinski definition) is 10. The summed E-state index contributed by atoms with van der Waals surface area (Å²) in [7, 11) is 0. The summed E-state index contributed by atoms with van der Waals surface area (Å²) in [6.45, 7) is 0. The Labute approximate surface area is 253 Å². The van der Waals surface area contributed by atoms with Gasteiger partial charge in [0.05, 0.1) is 32.0 Å². The van der Waals surface area contributed by atoms with Crippen LogP contribution in [0, 0.1) is 20.2 Å².